The fourth-order valence-corrected chi connectivity index (χ4v) is 7.55. The third-order valence-corrected chi connectivity index (χ3v) is 11.2. The number of rotatable bonds is 8. The molecule has 0 amide bonds. The molecule has 8 rings (SSSR count). The molecule has 0 bridgehead atoms. The van der Waals surface area contributed by atoms with Crippen LogP contribution < -0.4 is 0 Å². The van der Waals surface area contributed by atoms with Gasteiger partial charge in [-0.2, -0.15) is 0 Å². The molecule has 0 unspecified atom stereocenters. The van der Waals surface area contributed by atoms with Crippen LogP contribution in [0.4, 0.5) is 0 Å². The predicted octanol–water partition coefficient (Wildman–Crippen LogP) is 16.7. The van der Waals surface area contributed by atoms with Crippen molar-refractivity contribution in [2.45, 2.75) is 124 Å². The first-order valence-electron chi connectivity index (χ1n) is 36.1. The maximum absolute atomic E-state index is 13.1. The van der Waals surface area contributed by atoms with Gasteiger partial charge in [0.05, 0.1) is 33.3 Å². The Morgan fingerprint density at radius 1 is 0.682 bits per heavy atom. The Labute approximate surface area is 452 Å². The van der Waals surface area contributed by atoms with Crippen LogP contribution in [-0.2, 0) is 37.3 Å². The first kappa shape index (κ1) is 22.5. The van der Waals surface area contributed by atoms with Crippen LogP contribution in [0.5, 0.6) is 5.75 Å². The van der Waals surface area contributed by atoms with Crippen LogP contribution in [0.1, 0.15) is 177 Å². The van der Waals surface area contributed by atoms with Crippen molar-refractivity contribution in [2.24, 2.45) is 0 Å². The predicted molar refractivity (Wildman–Crippen MR) is 276 cm³/mol. The number of aryl methyl sites for hydroxylation is 1. The molecule has 4 nitrogen and oxygen atoms in total. The molecule has 342 valence electrons. The van der Waals surface area contributed by atoms with E-state index in [9.17, 15) is 10.6 Å². The van der Waals surface area contributed by atoms with E-state index < -0.39 is 181 Å². The molecule has 0 aliphatic carbocycles. The van der Waals surface area contributed by atoms with Crippen molar-refractivity contribution in [3.63, 3.8) is 0 Å². The monoisotopic (exact) mass is 1080 g/mol. The minimum absolute atomic E-state index is 0. The maximum Gasteiger partial charge on any atom is 0.148 e. The standard InChI is InChI=1S/C61H66N3O.Pt/c1-37(2)43-28-44(38(3)4)30-45(29-43)41-23-24-54(39(5)27-41)64-55-22-18-21-50(56(55)63-58(64)51-35-49(60(9,10)11)36-52(57(51)65)61(12,13)14)46-31-47(33-48(32-46)59(6,7)8)53-34-42(25-26-62-53)40-19-16-15-17-20-40;/h15-30,32-38,65H,1-14H3;/q-1;/i5D3,9D3,10D3,11D3,12D3,13D3,14D3,15D,16D,17D,19D,20D,25D,26D,34D,37D,38D;. The van der Waals surface area contributed by atoms with Crippen molar-refractivity contribution in [2.75, 3.05) is 0 Å². The van der Waals surface area contributed by atoms with Crippen molar-refractivity contribution >= 4 is 11.0 Å². The number of phenols is 1. The summed E-state index contributed by atoms with van der Waals surface area (Å²) in [6.45, 7) is -17.2. The van der Waals surface area contributed by atoms with E-state index in [4.69, 9.17) is 42.0 Å². The van der Waals surface area contributed by atoms with Gasteiger partial charge in [0.1, 0.15) is 11.6 Å². The van der Waals surface area contributed by atoms with E-state index in [1.54, 1.807) is 72.7 Å². The fourth-order valence-electron chi connectivity index (χ4n) is 7.55. The van der Waals surface area contributed by atoms with Crippen molar-refractivity contribution in [1.82, 2.24) is 14.5 Å². The Bertz CT molecular complexity index is 4300. The van der Waals surface area contributed by atoms with Gasteiger partial charge in [0.15, 0.2) is 0 Å². The molecule has 8 aromatic rings. The van der Waals surface area contributed by atoms with Crippen molar-refractivity contribution in [3.8, 4) is 67.5 Å². The van der Waals surface area contributed by atoms with Gasteiger partial charge in [-0.1, -0.05) is 179 Å². The van der Waals surface area contributed by atoms with Crippen molar-refractivity contribution in [3.05, 3.63) is 167 Å². The third kappa shape index (κ3) is 9.63. The van der Waals surface area contributed by atoms with Crippen LogP contribution in [0.3, 0.4) is 0 Å². The molecule has 0 fully saturated rings. The minimum Gasteiger partial charge on any atom is -0.507 e. The molecule has 0 saturated carbocycles. The molecule has 2 aromatic heterocycles. The molecule has 0 spiro atoms. The Balaban J connectivity index is 0.0000133. The molecule has 6 aromatic carbocycles. The second kappa shape index (κ2) is 18.3. The third-order valence-electron chi connectivity index (χ3n) is 11.2. The molecule has 0 atom stereocenters. The van der Waals surface area contributed by atoms with E-state index in [0.717, 1.165) is 4.57 Å². The first-order valence-corrected chi connectivity index (χ1v) is 20.6. The summed E-state index contributed by atoms with van der Waals surface area (Å²) >= 11 is 0. The minimum atomic E-state index is -4.36. The van der Waals surface area contributed by atoms with Gasteiger partial charge in [0.25, 0.3) is 0 Å². The zero-order chi connectivity index (χ0) is 73.1. The van der Waals surface area contributed by atoms with Gasteiger partial charge < -0.3 is 5.11 Å². The summed E-state index contributed by atoms with van der Waals surface area (Å²) in [5, 5.41) is 13.1. The quantitative estimate of drug-likeness (QED) is 0.154. The molecular formula is C61H66N3OPt-. The molecule has 2 heterocycles. The van der Waals surface area contributed by atoms with Crippen LogP contribution in [0, 0.1) is 12.9 Å². The largest absolute Gasteiger partial charge is 0.507 e. The number of fused-ring (bicyclic) bond motifs is 1. The zero-order valence-corrected chi connectivity index (χ0v) is 39.4. The number of hydrogen-bond donors (Lipinski definition) is 1. The zero-order valence-electron chi connectivity index (χ0n) is 68.1. The number of aromatic nitrogens is 3. The average Bonchev–Trinajstić information content (AvgIpc) is 1.57. The van der Waals surface area contributed by atoms with Crippen LogP contribution in [-0.4, -0.2) is 19.6 Å². The molecule has 0 aliphatic rings. The van der Waals surface area contributed by atoms with Crippen LogP contribution in [0.2, 0.25) is 0 Å². The van der Waals surface area contributed by atoms with Gasteiger partial charge in [0.2, 0.25) is 0 Å². The molecule has 5 heteroatoms. The van der Waals surface area contributed by atoms with E-state index in [-0.39, 0.29) is 60.4 Å². The molecule has 0 radical (unpaired) electrons. The number of pyridine rings is 1. The normalized spacial score (nSPS) is 20.8. The number of benzene rings is 6. The Hall–Kier alpha value is -5.57. The van der Waals surface area contributed by atoms with Crippen molar-refractivity contribution < 1.29 is 68.7 Å². The van der Waals surface area contributed by atoms with Gasteiger partial charge in [-0.25, -0.2) is 4.98 Å². The summed E-state index contributed by atoms with van der Waals surface area (Å²) in [4.78, 5) is 9.22. The summed E-state index contributed by atoms with van der Waals surface area (Å²) in [7, 11) is 0. The van der Waals surface area contributed by atoms with Gasteiger partial charge in [-0.15, -0.1) is 29.3 Å². The maximum atomic E-state index is 13.1. The summed E-state index contributed by atoms with van der Waals surface area (Å²) in [6.07, 6.45) is -0.797. The topological polar surface area (TPSA) is 50.9 Å². The number of aromatic hydroxyl groups is 1. The summed E-state index contributed by atoms with van der Waals surface area (Å²) < 4.78 is 274. The Kier molecular flexibility index (Phi) is 6.22. The molecule has 0 aliphatic heterocycles. The van der Waals surface area contributed by atoms with Gasteiger partial charge in [-0.3, -0.25) is 9.55 Å². The fraction of sp³-hybridized carbons (Fsp3) is 0.311. The number of phenolic OH excluding ortho intramolecular Hbond substituents is 1. The van der Waals surface area contributed by atoms with Crippen LogP contribution in [0.15, 0.2) is 127 Å². The number of hydrogen-bond acceptors (Lipinski definition) is 3. The van der Waals surface area contributed by atoms with E-state index in [1.165, 1.54) is 42.5 Å². The first-order chi connectivity index (χ1) is 43.2. The molecule has 66 heavy (non-hydrogen) atoms. The number of para-hydroxylation sites is 1. The van der Waals surface area contributed by atoms with Crippen LogP contribution >= 0.6 is 0 Å². The molecule has 0 saturated heterocycles. The van der Waals surface area contributed by atoms with E-state index in [1.807, 2.05) is 0 Å². The van der Waals surface area contributed by atoms with Gasteiger partial charge in [0, 0.05) is 70.0 Å². The second-order valence-corrected chi connectivity index (χ2v) is 17.5. The SMILES string of the molecule is [2H]c1nc(-c2[c-]c(-c3cccc4c3nc(-c3cc(C(C([2H])([2H])[2H])(C([2H])([2H])[2H])C([2H])([2H])[2H])cc(C(C([2H])([2H])[2H])(C([2H])([2H])[2H])C([2H])([2H])[2H])c3O)n4-c3ccc(-c4cc(C([2H])(C)C)cc(C([2H])(C)C)c4)cc3C([2H])([2H])[2H])cc(C(C)(C)C)c2)c([2H])c(-c2c([2H])c([2H])c([2H])c([2H])c2[2H])c1[2H].[Pt]. The summed E-state index contributed by atoms with van der Waals surface area (Å²) in [5.41, 5.74) is -15.1. The Morgan fingerprint density at radius 2 is 1.36 bits per heavy atom. The van der Waals surface area contributed by atoms with E-state index in [2.05, 4.69) is 11.1 Å². The number of nitrogens with zero attached hydrogens (tertiary/aromatic N) is 3. The molecule has 1 N–H and O–H groups in total. The second-order valence-electron chi connectivity index (χ2n) is 17.5. The summed E-state index contributed by atoms with van der Waals surface area (Å²) in [6, 6.07) is 14.4. The van der Waals surface area contributed by atoms with Gasteiger partial charge >= 0.3 is 0 Å². The van der Waals surface area contributed by atoms with Gasteiger partial charge in [-0.05, 0) is 110 Å². The number of imidazole rings is 1. The van der Waals surface area contributed by atoms with E-state index >= 15 is 0 Å². The summed E-state index contributed by atoms with van der Waals surface area (Å²) in [5.74, 6) is -5.04. The Morgan fingerprint density at radius 3 is 2.02 bits per heavy atom. The van der Waals surface area contributed by atoms with Crippen molar-refractivity contribution in [1.29, 1.82) is 0 Å². The van der Waals surface area contributed by atoms with E-state index in [0.29, 0.717) is 28.3 Å². The molecular weight excluding hydrogens is 986 g/mol. The smallest absolute Gasteiger partial charge is 0.148 e. The average molecular weight is 1080 g/mol. The van der Waals surface area contributed by atoms with Crippen LogP contribution in [0.25, 0.3) is 72.7 Å².